The van der Waals surface area contributed by atoms with Crippen LogP contribution >= 0.6 is 0 Å². The molecule has 3 rings (SSSR count). The summed E-state index contributed by atoms with van der Waals surface area (Å²) in [5.41, 5.74) is 10.7. The lowest BCUT2D eigenvalue weighted by molar-refractivity contribution is 0.687. The summed E-state index contributed by atoms with van der Waals surface area (Å²) in [5, 5.41) is 3.41. The van der Waals surface area contributed by atoms with E-state index in [0.29, 0.717) is 5.82 Å². The van der Waals surface area contributed by atoms with Crippen molar-refractivity contribution in [2.24, 2.45) is 0 Å². The molecule has 19 heavy (non-hydrogen) atoms. The third-order valence-corrected chi connectivity index (χ3v) is 3.77. The molecule has 4 nitrogen and oxygen atoms in total. The number of nitrogens with one attached hydrogen (secondary N) is 1. The van der Waals surface area contributed by atoms with Crippen molar-refractivity contribution < 1.29 is 0 Å². The van der Waals surface area contributed by atoms with Crippen LogP contribution in [0.3, 0.4) is 0 Å². The maximum atomic E-state index is 5.82. The van der Waals surface area contributed by atoms with Crippen LogP contribution in [0.2, 0.25) is 0 Å². The number of rotatable bonds is 2. The lowest BCUT2D eigenvalue weighted by Crippen LogP contribution is -2.08. The maximum Gasteiger partial charge on any atom is 0.138 e. The minimum absolute atomic E-state index is 0.530. The van der Waals surface area contributed by atoms with Gasteiger partial charge in [-0.1, -0.05) is 12.1 Å². The summed E-state index contributed by atoms with van der Waals surface area (Å²) in [5.74, 6) is 1.33. The van der Waals surface area contributed by atoms with Gasteiger partial charge in [0.05, 0.1) is 0 Å². The van der Waals surface area contributed by atoms with Gasteiger partial charge in [-0.2, -0.15) is 0 Å². The van der Waals surface area contributed by atoms with E-state index >= 15 is 0 Å². The SMILES string of the molecule is Cc1c(N)ncnc1Nc1cccc2c1CCCC2. The number of aromatic nitrogens is 2. The molecule has 2 aromatic rings. The Labute approximate surface area is 113 Å². The van der Waals surface area contributed by atoms with Gasteiger partial charge in [-0.3, -0.25) is 0 Å². The molecule has 0 atom stereocenters. The van der Waals surface area contributed by atoms with Gasteiger partial charge in [0.2, 0.25) is 0 Å². The van der Waals surface area contributed by atoms with Crippen LogP contribution in [0.25, 0.3) is 0 Å². The summed E-state index contributed by atoms with van der Waals surface area (Å²) in [6, 6.07) is 6.44. The van der Waals surface area contributed by atoms with Crippen molar-refractivity contribution in [2.75, 3.05) is 11.1 Å². The molecule has 1 aromatic carbocycles. The second kappa shape index (κ2) is 4.88. The second-order valence-corrected chi connectivity index (χ2v) is 5.01. The highest BCUT2D eigenvalue weighted by Gasteiger charge is 2.14. The Morgan fingerprint density at radius 3 is 2.89 bits per heavy atom. The smallest absolute Gasteiger partial charge is 0.138 e. The zero-order chi connectivity index (χ0) is 13.2. The largest absolute Gasteiger partial charge is 0.383 e. The minimum Gasteiger partial charge on any atom is -0.383 e. The van der Waals surface area contributed by atoms with Crippen molar-refractivity contribution >= 4 is 17.3 Å². The molecule has 0 saturated carbocycles. The number of benzene rings is 1. The van der Waals surface area contributed by atoms with Crippen LogP contribution in [0.1, 0.15) is 29.5 Å². The summed E-state index contributed by atoms with van der Waals surface area (Å²) >= 11 is 0. The van der Waals surface area contributed by atoms with Crippen LogP contribution in [0.5, 0.6) is 0 Å². The van der Waals surface area contributed by atoms with E-state index in [1.807, 2.05) is 6.92 Å². The van der Waals surface area contributed by atoms with E-state index in [1.165, 1.54) is 36.7 Å². The van der Waals surface area contributed by atoms with Gasteiger partial charge in [0.15, 0.2) is 0 Å². The fraction of sp³-hybridized carbons (Fsp3) is 0.333. The molecule has 1 aliphatic carbocycles. The molecule has 0 amide bonds. The van der Waals surface area contributed by atoms with E-state index in [1.54, 1.807) is 0 Å². The van der Waals surface area contributed by atoms with Crippen molar-refractivity contribution in [3.05, 3.63) is 41.2 Å². The van der Waals surface area contributed by atoms with E-state index in [-0.39, 0.29) is 0 Å². The molecule has 1 aliphatic rings. The van der Waals surface area contributed by atoms with Crippen molar-refractivity contribution in [3.63, 3.8) is 0 Å². The summed E-state index contributed by atoms with van der Waals surface area (Å²) in [4.78, 5) is 8.28. The molecule has 1 heterocycles. The fourth-order valence-corrected chi connectivity index (χ4v) is 2.62. The molecule has 1 aromatic heterocycles. The summed E-state index contributed by atoms with van der Waals surface area (Å²) in [6.07, 6.45) is 6.36. The zero-order valence-corrected chi connectivity index (χ0v) is 11.1. The Bertz CT molecular complexity index is 607. The molecule has 0 saturated heterocycles. The van der Waals surface area contributed by atoms with Gasteiger partial charge in [-0.15, -0.1) is 0 Å². The Balaban J connectivity index is 1.97. The number of nitrogen functional groups attached to an aromatic ring is 1. The zero-order valence-electron chi connectivity index (χ0n) is 11.1. The Hall–Kier alpha value is -2.10. The number of hydrogen-bond acceptors (Lipinski definition) is 4. The van der Waals surface area contributed by atoms with E-state index in [4.69, 9.17) is 5.73 Å². The van der Waals surface area contributed by atoms with E-state index in [0.717, 1.165) is 23.5 Å². The van der Waals surface area contributed by atoms with Crippen LogP contribution in [-0.2, 0) is 12.8 Å². The number of anilines is 3. The molecule has 3 N–H and O–H groups in total. The Kier molecular flexibility index (Phi) is 3.07. The normalized spacial score (nSPS) is 13.9. The van der Waals surface area contributed by atoms with Gasteiger partial charge in [0.25, 0.3) is 0 Å². The Morgan fingerprint density at radius 1 is 1.16 bits per heavy atom. The van der Waals surface area contributed by atoms with E-state index in [9.17, 15) is 0 Å². The van der Waals surface area contributed by atoms with Gasteiger partial charge in [-0.05, 0) is 49.8 Å². The molecule has 0 unspecified atom stereocenters. The number of hydrogen-bond donors (Lipinski definition) is 2. The predicted molar refractivity (Wildman–Crippen MR) is 77.5 cm³/mol. The third-order valence-electron chi connectivity index (χ3n) is 3.77. The number of aryl methyl sites for hydroxylation is 1. The van der Waals surface area contributed by atoms with Crippen LogP contribution in [0, 0.1) is 6.92 Å². The average Bonchev–Trinajstić information content (AvgIpc) is 2.44. The fourth-order valence-electron chi connectivity index (χ4n) is 2.62. The molecule has 98 valence electrons. The number of nitrogens with two attached hydrogens (primary N) is 1. The molecule has 0 bridgehead atoms. The van der Waals surface area contributed by atoms with Crippen LogP contribution in [-0.4, -0.2) is 9.97 Å². The highest BCUT2D eigenvalue weighted by Crippen LogP contribution is 2.30. The average molecular weight is 254 g/mol. The molecular weight excluding hydrogens is 236 g/mol. The van der Waals surface area contributed by atoms with Gasteiger partial charge in [-0.25, -0.2) is 9.97 Å². The molecule has 0 fully saturated rings. The van der Waals surface area contributed by atoms with Gasteiger partial charge in [0.1, 0.15) is 18.0 Å². The summed E-state index contributed by atoms with van der Waals surface area (Å²) < 4.78 is 0. The number of nitrogens with zero attached hydrogens (tertiary/aromatic N) is 2. The second-order valence-electron chi connectivity index (χ2n) is 5.01. The lowest BCUT2D eigenvalue weighted by Gasteiger charge is -2.20. The maximum absolute atomic E-state index is 5.82. The molecule has 0 spiro atoms. The van der Waals surface area contributed by atoms with Crippen molar-refractivity contribution in [2.45, 2.75) is 32.6 Å². The van der Waals surface area contributed by atoms with Crippen LogP contribution in [0.4, 0.5) is 17.3 Å². The van der Waals surface area contributed by atoms with Crippen molar-refractivity contribution in [1.82, 2.24) is 9.97 Å². The van der Waals surface area contributed by atoms with Gasteiger partial charge < -0.3 is 11.1 Å². The van der Waals surface area contributed by atoms with Crippen LogP contribution < -0.4 is 11.1 Å². The highest BCUT2D eigenvalue weighted by molar-refractivity contribution is 5.67. The summed E-state index contributed by atoms with van der Waals surface area (Å²) in [7, 11) is 0. The Morgan fingerprint density at radius 2 is 2.00 bits per heavy atom. The minimum atomic E-state index is 0.530. The van der Waals surface area contributed by atoms with Crippen molar-refractivity contribution in [3.8, 4) is 0 Å². The molecule has 0 radical (unpaired) electrons. The predicted octanol–water partition coefficient (Wildman–Crippen LogP) is 2.99. The lowest BCUT2D eigenvalue weighted by atomic mass is 9.90. The molecule has 0 aliphatic heterocycles. The first-order valence-corrected chi connectivity index (χ1v) is 6.70. The molecular formula is C15H18N4. The highest BCUT2D eigenvalue weighted by atomic mass is 15.0. The third kappa shape index (κ3) is 2.26. The standard InChI is InChI=1S/C15H18N4/c1-10-14(16)17-9-18-15(10)19-13-8-4-6-11-5-2-3-7-12(11)13/h4,6,8-9H,2-3,5,7H2,1H3,(H3,16,17,18,19). The van der Waals surface area contributed by atoms with Crippen LogP contribution in [0.15, 0.2) is 24.5 Å². The first-order valence-electron chi connectivity index (χ1n) is 6.70. The van der Waals surface area contributed by atoms with Gasteiger partial charge >= 0.3 is 0 Å². The monoisotopic (exact) mass is 254 g/mol. The molecule has 4 heteroatoms. The quantitative estimate of drug-likeness (QED) is 0.864. The topological polar surface area (TPSA) is 63.8 Å². The number of fused-ring (bicyclic) bond motifs is 1. The van der Waals surface area contributed by atoms with Gasteiger partial charge in [0, 0.05) is 11.3 Å². The summed E-state index contributed by atoms with van der Waals surface area (Å²) in [6.45, 7) is 1.94. The van der Waals surface area contributed by atoms with E-state index in [2.05, 4.69) is 33.5 Å². The first-order chi connectivity index (χ1) is 9.25. The first kappa shape index (κ1) is 12.0. The van der Waals surface area contributed by atoms with Crippen molar-refractivity contribution in [1.29, 1.82) is 0 Å². The van der Waals surface area contributed by atoms with E-state index < -0.39 is 0 Å².